The van der Waals surface area contributed by atoms with E-state index in [9.17, 15) is 13.2 Å². The summed E-state index contributed by atoms with van der Waals surface area (Å²) in [5, 5.41) is 10.8. The number of carbonyl (C=O) groups excluding carboxylic acids is 1. The van der Waals surface area contributed by atoms with E-state index in [-0.39, 0.29) is 5.25 Å². The molecule has 1 fully saturated rings. The number of fused-ring (bicyclic) bond motifs is 1. The van der Waals surface area contributed by atoms with Crippen molar-refractivity contribution in [2.75, 3.05) is 11.4 Å². The minimum Gasteiger partial charge on any atom is -0.278 e. The van der Waals surface area contributed by atoms with Crippen molar-refractivity contribution < 1.29 is 13.2 Å². The van der Waals surface area contributed by atoms with Crippen molar-refractivity contribution in [1.82, 2.24) is 20.2 Å². The highest BCUT2D eigenvalue weighted by Gasteiger charge is 2.52. The van der Waals surface area contributed by atoms with Crippen molar-refractivity contribution in [3.8, 4) is 0 Å². The van der Waals surface area contributed by atoms with Gasteiger partial charge in [-0.3, -0.25) is 9.69 Å². The first kappa shape index (κ1) is 13.5. The molecule has 0 saturated heterocycles. The number of carbonyl (C=O) groups is 1. The van der Waals surface area contributed by atoms with Gasteiger partial charge >= 0.3 is 0 Å². The van der Waals surface area contributed by atoms with E-state index in [0.29, 0.717) is 38.3 Å². The summed E-state index contributed by atoms with van der Waals surface area (Å²) in [6, 6.07) is 0. The van der Waals surface area contributed by atoms with Gasteiger partial charge in [-0.05, 0) is 43.5 Å². The van der Waals surface area contributed by atoms with Crippen molar-refractivity contribution in [2.24, 2.45) is 0 Å². The van der Waals surface area contributed by atoms with Gasteiger partial charge in [-0.15, -0.1) is 0 Å². The fourth-order valence-corrected chi connectivity index (χ4v) is 4.39. The van der Waals surface area contributed by atoms with Gasteiger partial charge in [0, 0.05) is 13.1 Å². The van der Waals surface area contributed by atoms with Crippen LogP contribution in [0.5, 0.6) is 0 Å². The number of aryl methyl sites for hydroxylation is 1. The lowest BCUT2D eigenvalue weighted by atomic mass is 10.1. The van der Waals surface area contributed by atoms with Crippen LogP contribution in [0, 0.1) is 0 Å². The van der Waals surface area contributed by atoms with E-state index in [0.717, 1.165) is 0 Å². The van der Waals surface area contributed by atoms with Gasteiger partial charge in [0.1, 0.15) is 4.75 Å². The fraction of sp³-hybridized carbons (Fsp3) is 0.818. The maximum absolute atomic E-state index is 12.7. The molecule has 20 heavy (non-hydrogen) atoms. The SMILES string of the molecule is CC(C)(C(=O)N1CCCn2nnnc21)S(=O)(=O)C1CC1. The third kappa shape index (κ3) is 1.83. The summed E-state index contributed by atoms with van der Waals surface area (Å²) >= 11 is 0. The number of hydrogen-bond acceptors (Lipinski definition) is 6. The molecule has 2 aliphatic rings. The van der Waals surface area contributed by atoms with Crippen LogP contribution in [0.2, 0.25) is 0 Å². The Labute approximate surface area is 117 Å². The molecular formula is C11H17N5O3S. The smallest absolute Gasteiger partial charge is 0.252 e. The summed E-state index contributed by atoms with van der Waals surface area (Å²) in [4.78, 5) is 14.1. The van der Waals surface area contributed by atoms with Crippen LogP contribution in [0.1, 0.15) is 33.1 Å². The Morgan fingerprint density at radius 2 is 2.00 bits per heavy atom. The minimum atomic E-state index is -3.47. The third-order valence-electron chi connectivity index (χ3n) is 3.94. The van der Waals surface area contributed by atoms with Gasteiger partial charge in [0.2, 0.25) is 5.91 Å². The fourth-order valence-electron chi connectivity index (χ4n) is 2.45. The number of anilines is 1. The first-order valence-corrected chi connectivity index (χ1v) is 8.22. The lowest BCUT2D eigenvalue weighted by Gasteiger charge is -2.32. The quantitative estimate of drug-likeness (QED) is 0.764. The predicted octanol–water partition coefficient (Wildman–Crippen LogP) is -0.234. The zero-order chi connectivity index (χ0) is 14.5. The monoisotopic (exact) mass is 299 g/mol. The highest BCUT2D eigenvalue weighted by Crippen LogP contribution is 2.37. The Balaban J connectivity index is 1.94. The van der Waals surface area contributed by atoms with E-state index in [1.54, 1.807) is 0 Å². The topological polar surface area (TPSA) is 98.1 Å². The Hall–Kier alpha value is -1.51. The highest BCUT2D eigenvalue weighted by molar-refractivity contribution is 7.94. The minimum absolute atomic E-state index is 0.334. The number of aromatic nitrogens is 4. The molecule has 9 heteroatoms. The van der Waals surface area contributed by atoms with Crippen LogP contribution in [0.3, 0.4) is 0 Å². The zero-order valence-electron chi connectivity index (χ0n) is 11.5. The number of nitrogens with zero attached hydrogens (tertiary/aromatic N) is 5. The van der Waals surface area contributed by atoms with Gasteiger partial charge in [-0.2, -0.15) is 0 Å². The van der Waals surface area contributed by atoms with E-state index in [4.69, 9.17) is 0 Å². The molecule has 0 N–H and O–H groups in total. The van der Waals surface area contributed by atoms with E-state index in [1.807, 2.05) is 0 Å². The molecule has 0 radical (unpaired) electrons. The summed E-state index contributed by atoms with van der Waals surface area (Å²) < 4.78 is 25.0. The molecule has 1 aliphatic carbocycles. The predicted molar refractivity (Wildman–Crippen MR) is 70.8 cm³/mol. The van der Waals surface area contributed by atoms with E-state index < -0.39 is 20.5 Å². The van der Waals surface area contributed by atoms with Crippen molar-refractivity contribution in [1.29, 1.82) is 0 Å². The molecule has 1 aliphatic heterocycles. The van der Waals surface area contributed by atoms with Gasteiger partial charge in [0.15, 0.2) is 9.84 Å². The van der Waals surface area contributed by atoms with Crippen molar-refractivity contribution >= 4 is 21.7 Å². The maximum Gasteiger partial charge on any atom is 0.252 e. The second-order valence-corrected chi connectivity index (χ2v) is 8.54. The lowest BCUT2D eigenvalue weighted by Crippen LogP contribution is -2.53. The number of tetrazole rings is 1. The molecule has 3 rings (SSSR count). The summed E-state index contributed by atoms with van der Waals surface area (Å²) in [7, 11) is -3.47. The normalized spacial score (nSPS) is 19.8. The first-order valence-electron chi connectivity index (χ1n) is 6.67. The average Bonchev–Trinajstić information content (AvgIpc) is 3.16. The molecule has 1 aromatic rings. The summed E-state index contributed by atoms with van der Waals surface area (Å²) in [5.41, 5.74) is 0. The van der Waals surface area contributed by atoms with Crippen molar-refractivity contribution in [3.05, 3.63) is 0 Å². The Kier molecular flexibility index (Phi) is 2.86. The van der Waals surface area contributed by atoms with Crippen LogP contribution >= 0.6 is 0 Å². The lowest BCUT2D eigenvalue weighted by molar-refractivity contribution is -0.120. The van der Waals surface area contributed by atoms with Gasteiger partial charge in [0.05, 0.1) is 5.25 Å². The van der Waals surface area contributed by atoms with Crippen molar-refractivity contribution in [2.45, 2.75) is 49.7 Å². The van der Waals surface area contributed by atoms with Gasteiger partial charge in [-0.25, -0.2) is 13.1 Å². The third-order valence-corrected chi connectivity index (χ3v) is 6.89. The molecule has 2 heterocycles. The summed E-state index contributed by atoms with van der Waals surface area (Å²) in [6.45, 7) is 4.04. The van der Waals surface area contributed by atoms with Crippen LogP contribution in [0.25, 0.3) is 0 Å². The largest absolute Gasteiger partial charge is 0.278 e. The average molecular weight is 299 g/mol. The number of amides is 1. The molecule has 0 spiro atoms. The van der Waals surface area contributed by atoms with Gasteiger partial charge < -0.3 is 0 Å². The molecule has 0 atom stereocenters. The van der Waals surface area contributed by atoms with Gasteiger partial charge in [0.25, 0.3) is 5.95 Å². The van der Waals surface area contributed by atoms with Crippen LogP contribution in [0.4, 0.5) is 5.95 Å². The highest BCUT2D eigenvalue weighted by atomic mass is 32.2. The van der Waals surface area contributed by atoms with Crippen LogP contribution in [-0.4, -0.2) is 51.1 Å². The molecular weight excluding hydrogens is 282 g/mol. The Morgan fingerprint density at radius 3 is 2.65 bits per heavy atom. The second-order valence-electron chi connectivity index (χ2n) is 5.77. The second kappa shape index (κ2) is 4.24. The van der Waals surface area contributed by atoms with Crippen LogP contribution in [-0.2, 0) is 21.2 Å². The number of hydrogen-bond donors (Lipinski definition) is 0. The zero-order valence-corrected chi connectivity index (χ0v) is 12.3. The Morgan fingerprint density at radius 1 is 1.30 bits per heavy atom. The number of sulfone groups is 1. The molecule has 0 unspecified atom stereocenters. The van der Waals surface area contributed by atoms with Gasteiger partial charge in [-0.1, -0.05) is 5.10 Å². The summed E-state index contributed by atoms with van der Waals surface area (Å²) in [6.07, 6.45) is 2.01. The number of rotatable bonds is 3. The van der Waals surface area contributed by atoms with E-state index in [1.165, 1.54) is 23.4 Å². The molecule has 0 aromatic carbocycles. The van der Waals surface area contributed by atoms with E-state index in [2.05, 4.69) is 15.5 Å². The molecule has 1 aromatic heterocycles. The molecule has 1 amide bonds. The molecule has 110 valence electrons. The van der Waals surface area contributed by atoms with Crippen LogP contribution in [0.15, 0.2) is 0 Å². The molecule has 0 bridgehead atoms. The first-order chi connectivity index (χ1) is 9.35. The van der Waals surface area contributed by atoms with Crippen LogP contribution < -0.4 is 4.90 Å². The Bertz CT molecular complexity index is 647. The van der Waals surface area contributed by atoms with Crippen molar-refractivity contribution in [3.63, 3.8) is 0 Å². The van der Waals surface area contributed by atoms with E-state index >= 15 is 0 Å². The molecule has 1 saturated carbocycles. The standard InChI is InChI=1S/C11H17N5O3S/c1-11(2,20(18,19)8-4-5-8)9(17)15-6-3-7-16-10(15)12-13-14-16/h8H,3-7H2,1-2H3. The maximum atomic E-state index is 12.7. The molecule has 8 nitrogen and oxygen atoms in total. The summed E-state index contributed by atoms with van der Waals surface area (Å²) in [5.74, 6) is -0.111.